The van der Waals surface area contributed by atoms with Crippen molar-refractivity contribution in [1.29, 1.82) is 0 Å². The van der Waals surface area contributed by atoms with Crippen LogP contribution in [0, 0.1) is 0 Å². The highest BCUT2D eigenvalue weighted by atomic mass is 16.5. The van der Waals surface area contributed by atoms with Gasteiger partial charge in [-0.15, -0.1) is 0 Å². The number of carbonyl (C=O) groups is 1. The summed E-state index contributed by atoms with van der Waals surface area (Å²) in [6, 6.07) is 9.01. The monoisotopic (exact) mass is 248 g/mol. The van der Waals surface area contributed by atoms with Gasteiger partial charge < -0.3 is 15.8 Å². The van der Waals surface area contributed by atoms with E-state index >= 15 is 0 Å². The van der Waals surface area contributed by atoms with Crippen LogP contribution in [-0.2, 0) is 9.53 Å². The van der Waals surface area contributed by atoms with E-state index in [1.807, 2.05) is 37.3 Å². The Morgan fingerprint density at radius 3 is 2.83 bits per heavy atom. The van der Waals surface area contributed by atoms with Gasteiger partial charge in [0.25, 0.3) is 0 Å². The summed E-state index contributed by atoms with van der Waals surface area (Å²) in [4.78, 5) is 12.0. The minimum absolute atomic E-state index is 0.111. The van der Waals surface area contributed by atoms with Gasteiger partial charge in [-0.3, -0.25) is 4.79 Å². The van der Waals surface area contributed by atoms with Crippen molar-refractivity contribution in [3.05, 3.63) is 35.9 Å². The molecule has 1 saturated heterocycles. The molecular formula is C14H20N2O2. The fraction of sp³-hybridized carbons (Fsp3) is 0.500. The fourth-order valence-corrected chi connectivity index (χ4v) is 2.23. The van der Waals surface area contributed by atoms with Gasteiger partial charge in [0.15, 0.2) is 0 Å². The summed E-state index contributed by atoms with van der Waals surface area (Å²) in [7, 11) is 0. The zero-order chi connectivity index (χ0) is 13.0. The molecule has 1 fully saturated rings. The Morgan fingerprint density at radius 1 is 1.44 bits per heavy atom. The summed E-state index contributed by atoms with van der Waals surface area (Å²) < 4.78 is 5.45. The maximum atomic E-state index is 12.0. The standard InChI is InChI=1S/C14H20N2O2/c1-10-9-12(7-8-18-10)16-14(17)13(15)11-5-3-2-4-6-11/h2-6,10,12-13H,7-9,15H2,1H3,(H,16,17)/t10?,12?,13-/m1/s1. The Labute approximate surface area is 108 Å². The van der Waals surface area contributed by atoms with E-state index in [2.05, 4.69) is 5.32 Å². The summed E-state index contributed by atoms with van der Waals surface area (Å²) in [5, 5.41) is 3.00. The quantitative estimate of drug-likeness (QED) is 0.849. The molecule has 0 aromatic heterocycles. The van der Waals surface area contributed by atoms with Gasteiger partial charge in [-0.1, -0.05) is 30.3 Å². The molecule has 0 spiro atoms. The first kappa shape index (κ1) is 13.1. The van der Waals surface area contributed by atoms with Crippen molar-refractivity contribution in [2.24, 2.45) is 5.73 Å². The molecular weight excluding hydrogens is 228 g/mol. The maximum Gasteiger partial charge on any atom is 0.241 e. The minimum Gasteiger partial charge on any atom is -0.378 e. The van der Waals surface area contributed by atoms with Crippen LogP contribution in [0.3, 0.4) is 0 Å². The van der Waals surface area contributed by atoms with E-state index in [4.69, 9.17) is 10.5 Å². The highest BCUT2D eigenvalue weighted by Crippen LogP contribution is 2.15. The summed E-state index contributed by atoms with van der Waals surface area (Å²) in [5.41, 5.74) is 6.79. The number of nitrogens with one attached hydrogen (secondary N) is 1. The smallest absolute Gasteiger partial charge is 0.241 e. The van der Waals surface area contributed by atoms with Gasteiger partial charge in [-0.25, -0.2) is 0 Å². The SMILES string of the molecule is CC1CC(NC(=O)[C@H](N)c2ccccc2)CCO1. The molecule has 1 aromatic rings. The third kappa shape index (κ3) is 3.31. The molecule has 4 heteroatoms. The molecule has 1 aromatic carbocycles. The van der Waals surface area contributed by atoms with E-state index in [1.54, 1.807) is 0 Å². The summed E-state index contributed by atoms with van der Waals surface area (Å²) >= 11 is 0. The molecule has 3 atom stereocenters. The molecule has 98 valence electrons. The number of rotatable bonds is 3. The van der Waals surface area contributed by atoms with Crippen LogP contribution < -0.4 is 11.1 Å². The van der Waals surface area contributed by atoms with Crippen molar-refractivity contribution >= 4 is 5.91 Å². The predicted molar refractivity (Wildman–Crippen MR) is 69.9 cm³/mol. The molecule has 0 saturated carbocycles. The number of hydrogen-bond donors (Lipinski definition) is 2. The van der Waals surface area contributed by atoms with Crippen LogP contribution in [0.1, 0.15) is 31.4 Å². The second-order valence-electron chi connectivity index (χ2n) is 4.80. The third-order valence-corrected chi connectivity index (χ3v) is 3.27. The molecule has 0 aliphatic carbocycles. The normalized spacial score (nSPS) is 25.4. The highest BCUT2D eigenvalue weighted by Gasteiger charge is 2.23. The molecule has 1 heterocycles. The van der Waals surface area contributed by atoms with Gasteiger partial charge in [0.2, 0.25) is 5.91 Å². The number of amides is 1. The lowest BCUT2D eigenvalue weighted by molar-refractivity contribution is -0.124. The van der Waals surface area contributed by atoms with Gasteiger partial charge >= 0.3 is 0 Å². The fourth-order valence-electron chi connectivity index (χ4n) is 2.23. The molecule has 0 radical (unpaired) electrons. The number of benzene rings is 1. The van der Waals surface area contributed by atoms with Crippen LogP contribution in [0.15, 0.2) is 30.3 Å². The van der Waals surface area contributed by atoms with Gasteiger partial charge in [0.05, 0.1) is 6.10 Å². The van der Waals surface area contributed by atoms with Crippen LogP contribution in [0.2, 0.25) is 0 Å². The van der Waals surface area contributed by atoms with Crippen molar-refractivity contribution in [2.75, 3.05) is 6.61 Å². The molecule has 2 rings (SSSR count). The Kier molecular flexibility index (Phi) is 4.33. The molecule has 0 bridgehead atoms. The van der Waals surface area contributed by atoms with Crippen molar-refractivity contribution in [3.63, 3.8) is 0 Å². The molecule has 2 unspecified atom stereocenters. The first-order valence-electron chi connectivity index (χ1n) is 6.39. The Hall–Kier alpha value is -1.39. The number of nitrogens with two attached hydrogens (primary N) is 1. The number of ether oxygens (including phenoxy) is 1. The summed E-state index contributed by atoms with van der Waals surface area (Å²) in [6.07, 6.45) is 1.92. The van der Waals surface area contributed by atoms with E-state index in [-0.39, 0.29) is 18.1 Å². The van der Waals surface area contributed by atoms with E-state index in [9.17, 15) is 4.79 Å². The largest absolute Gasteiger partial charge is 0.378 e. The Bertz CT molecular complexity index is 394. The van der Waals surface area contributed by atoms with Gasteiger partial charge in [-0.05, 0) is 25.3 Å². The average Bonchev–Trinajstić information content (AvgIpc) is 2.39. The zero-order valence-corrected chi connectivity index (χ0v) is 10.6. The van der Waals surface area contributed by atoms with Crippen LogP contribution in [-0.4, -0.2) is 24.7 Å². The molecule has 1 aliphatic rings. The number of hydrogen-bond acceptors (Lipinski definition) is 3. The van der Waals surface area contributed by atoms with Crippen molar-refractivity contribution in [2.45, 2.75) is 38.0 Å². The average molecular weight is 248 g/mol. The van der Waals surface area contributed by atoms with Crippen molar-refractivity contribution in [1.82, 2.24) is 5.32 Å². The third-order valence-electron chi connectivity index (χ3n) is 3.27. The zero-order valence-electron chi connectivity index (χ0n) is 10.6. The molecule has 1 amide bonds. The van der Waals surface area contributed by atoms with Crippen LogP contribution in [0.5, 0.6) is 0 Å². The second-order valence-corrected chi connectivity index (χ2v) is 4.80. The molecule has 4 nitrogen and oxygen atoms in total. The Morgan fingerprint density at radius 2 is 2.17 bits per heavy atom. The Balaban J connectivity index is 1.91. The van der Waals surface area contributed by atoms with Crippen molar-refractivity contribution in [3.8, 4) is 0 Å². The van der Waals surface area contributed by atoms with Crippen molar-refractivity contribution < 1.29 is 9.53 Å². The first-order valence-corrected chi connectivity index (χ1v) is 6.39. The van der Waals surface area contributed by atoms with E-state index < -0.39 is 6.04 Å². The molecule has 1 aliphatic heterocycles. The van der Waals surface area contributed by atoms with Crippen LogP contribution >= 0.6 is 0 Å². The van der Waals surface area contributed by atoms with Crippen LogP contribution in [0.25, 0.3) is 0 Å². The first-order chi connectivity index (χ1) is 8.66. The van der Waals surface area contributed by atoms with Gasteiger partial charge in [-0.2, -0.15) is 0 Å². The van der Waals surface area contributed by atoms with Gasteiger partial charge in [0.1, 0.15) is 6.04 Å². The highest BCUT2D eigenvalue weighted by molar-refractivity contribution is 5.83. The second kappa shape index (κ2) is 5.98. The van der Waals surface area contributed by atoms with Gasteiger partial charge in [0, 0.05) is 12.6 Å². The summed E-state index contributed by atoms with van der Waals surface area (Å²) in [6.45, 7) is 2.72. The lowest BCUT2D eigenvalue weighted by Crippen LogP contribution is -2.44. The topological polar surface area (TPSA) is 64.4 Å². The van der Waals surface area contributed by atoms with E-state index in [0.29, 0.717) is 6.61 Å². The van der Waals surface area contributed by atoms with E-state index in [1.165, 1.54) is 0 Å². The molecule has 18 heavy (non-hydrogen) atoms. The molecule has 3 N–H and O–H groups in total. The van der Waals surface area contributed by atoms with E-state index in [0.717, 1.165) is 18.4 Å². The maximum absolute atomic E-state index is 12.0. The minimum atomic E-state index is -0.593. The number of carbonyl (C=O) groups excluding carboxylic acids is 1. The summed E-state index contributed by atoms with van der Waals surface area (Å²) in [5.74, 6) is -0.111. The predicted octanol–water partition coefficient (Wildman–Crippen LogP) is 1.37. The lowest BCUT2D eigenvalue weighted by atomic mass is 10.0. The van der Waals surface area contributed by atoms with Crippen LogP contribution in [0.4, 0.5) is 0 Å². The lowest BCUT2D eigenvalue weighted by Gasteiger charge is -2.28.